The Bertz CT molecular complexity index is 769. The highest BCUT2D eigenvalue weighted by Crippen LogP contribution is 2.12. The van der Waals surface area contributed by atoms with E-state index in [0.717, 1.165) is 5.56 Å². The summed E-state index contributed by atoms with van der Waals surface area (Å²) in [5.41, 5.74) is 2.71. The smallest absolute Gasteiger partial charge is 0.248 e. The number of hydrogen-bond donors (Lipinski definition) is 2. The number of anilines is 2. The van der Waals surface area contributed by atoms with E-state index in [1.807, 2.05) is 6.07 Å². The van der Waals surface area contributed by atoms with E-state index < -0.39 is 0 Å². The van der Waals surface area contributed by atoms with Crippen LogP contribution in [0.15, 0.2) is 54.6 Å². The van der Waals surface area contributed by atoms with Gasteiger partial charge in [-0.1, -0.05) is 12.1 Å². The molecule has 0 aliphatic heterocycles. The first kappa shape index (κ1) is 16.0. The van der Waals surface area contributed by atoms with Crippen LogP contribution >= 0.6 is 0 Å². The molecule has 2 aromatic rings. The zero-order valence-corrected chi connectivity index (χ0v) is 12.5. The van der Waals surface area contributed by atoms with Gasteiger partial charge in [0.25, 0.3) is 0 Å². The van der Waals surface area contributed by atoms with Crippen molar-refractivity contribution in [3.63, 3.8) is 0 Å². The van der Waals surface area contributed by atoms with Gasteiger partial charge in [-0.2, -0.15) is 5.26 Å². The maximum atomic E-state index is 11.8. The van der Waals surface area contributed by atoms with Crippen molar-refractivity contribution in [3.05, 3.63) is 65.7 Å². The van der Waals surface area contributed by atoms with Gasteiger partial charge in [0, 0.05) is 24.4 Å². The first-order valence-electron chi connectivity index (χ1n) is 6.94. The first-order chi connectivity index (χ1) is 11.1. The minimum atomic E-state index is -0.263. The summed E-state index contributed by atoms with van der Waals surface area (Å²) < 4.78 is 0. The molecule has 0 atom stereocenters. The average Bonchev–Trinajstić information content (AvgIpc) is 2.54. The second-order valence-corrected chi connectivity index (χ2v) is 4.81. The Labute approximate surface area is 134 Å². The number of nitriles is 1. The lowest BCUT2D eigenvalue weighted by molar-refractivity contribution is -0.114. The molecule has 2 amide bonds. The van der Waals surface area contributed by atoms with Crippen LogP contribution in [0.2, 0.25) is 0 Å². The fraction of sp³-hybridized carbons (Fsp3) is 0.0556. The van der Waals surface area contributed by atoms with Gasteiger partial charge in [-0.05, 0) is 48.0 Å². The van der Waals surface area contributed by atoms with Gasteiger partial charge in [-0.3, -0.25) is 9.59 Å². The van der Waals surface area contributed by atoms with E-state index in [1.54, 1.807) is 54.6 Å². The van der Waals surface area contributed by atoms with E-state index in [9.17, 15) is 9.59 Å². The van der Waals surface area contributed by atoms with Crippen LogP contribution in [0.25, 0.3) is 6.08 Å². The Kier molecular flexibility index (Phi) is 5.26. The zero-order valence-electron chi connectivity index (χ0n) is 12.5. The monoisotopic (exact) mass is 305 g/mol. The van der Waals surface area contributed by atoms with Crippen molar-refractivity contribution in [3.8, 4) is 6.07 Å². The molecule has 0 bridgehead atoms. The summed E-state index contributed by atoms with van der Waals surface area (Å²) in [6.07, 6.45) is 3.10. The molecule has 0 aliphatic rings. The molecule has 114 valence electrons. The number of carbonyl (C=O) groups is 2. The predicted octanol–water partition coefficient (Wildman–Crippen LogP) is 3.17. The molecule has 2 rings (SSSR count). The Morgan fingerprint density at radius 1 is 0.957 bits per heavy atom. The molecule has 0 saturated heterocycles. The zero-order chi connectivity index (χ0) is 16.7. The quantitative estimate of drug-likeness (QED) is 0.851. The third kappa shape index (κ3) is 5.14. The van der Waals surface area contributed by atoms with Crippen LogP contribution in [0, 0.1) is 11.3 Å². The molecule has 0 radical (unpaired) electrons. The molecule has 2 N–H and O–H groups in total. The molecule has 0 unspecified atom stereocenters. The molecule has 0 heterocycles. The molecule has 0 saturated carbocycles. The minimum absolute atomic E-state index is 0.130. The first-order valence-corrected chi connectivity index (χ1v) is 6.94. The van der Waals surface area contributed by atoms with Crippen molar-refractivity contribution in [2.75, 3.05) is 10.6 Å². The van der Waals surface area contributed by atoms with Crippen LogP contribution in [0.1, 0.15) is 18.1 Å². The molecular formula is C18H15N3O2. The molecule has 2 aromatic carbocycles. The van der Waals surface area contributed by atoms with Crippen molar-refractivity contribution < 1.29 is 9.59 Å². The normalized spacial score (nSPS) is 10.1. The molecule has 0 fully saturated rings. The summed E-state index contributed by atoms with van der Waals surface area (Å²) in [7, 11) is 0. The fourth-order valence-electron chi connectivity index (χ4n) is 1.86. The van der Waals surface area contributed by atoms with Crippen LogP contribution in [-0.2, 0) is 9.59 Å². The molecule has 5 heteroatoms. The highest BCUT2D eigenvalue weighted by Gasteiger charge is 1.99. The number of nitrogens with one attached hydrogen (secondary N) is 2. The number of rotatable bonds is 4. The summed E-state index contributed by atoms with van der Waals surface area (Å²) in [5, 5.41) is 14.1. The minimum Gasteiger partial charge on any atom is -0.326 e. The van der Waals surface area contributed by atoms with E-state index in [-0.39, 0.29) is 11.8 Å². The van der Waals surface area contributed by atoms with Gasteiger partial charge in [-0.25, -0.2) is 0 Å². The van der Waals surface area contributed by atoms with Crippen LogP contribution in [0.3, 0.4) is 0 Å². The number of amides is 2. The Morgan fingerprint density at radius 3 is 2.09 bits per heavy atom. The van der Waals surface area contributed by atoms with Gasteiger partial charge in [-0.15, -0.1) is 0 Å². The standard InChI is InChI=1S/C18H15N3O2/c1-13(22)20-16-7-2-14(3-8-16)6-11-18(23)21-17-9-4-15(12-19)5-10-17/h2-11H,1H3,(H,20,22)(H,21,23)/b11-6+. The summed E-state index contributed by atoms with van der Waals surface area (Å²) in [4.78, 5) is 22.8. The molecule has 23 heavy (non-hydrogen) atoms. The largest absolute Gasteiger partial charge is 0.326 e. The second kappa shape index (κ2) is 7.57. The van der Waals surface area contributed by atoms with E-state index in [1.165, 1.54) is 13.0 Å². The maximum absolute atomic E-state index is 11.8. The highest BCUT2D eigenvalue weighted by molar-refractivity contribution is 6.02. The molecular weight excluding hydrogens is 290 g/mol. The lowest BCUT2D eigenvalue weighted by Crippen LogP contribution is -2.07. The SMILES string of the molecule is CC(=O)Nc1ccc(/C=C/C(=O)Nc2ccc(C#N)cc2)cc1. The van der Waals surface area contributed by atoms with Crippen molar-refractivity contribution in [1.29, 1.82) is 5.26 Å². The maximum Gasteiger partial charge on any atom is 0.248 e. The summed E-state index contributed by atoms with van der Waals surface area (Å²) in [5.74, 6) is -0.393. The summed E-state index contributed by atoms with van der Waals surface area (Å²) in [6.45, 7) is 1.45. The number of carbonyl (C=O) groups excluding carboxylic acids is 2. The van der Waals surface area contributed by atoms with E-state index in [4.69, 9.17) is 5.26 Å². The van der Waals surface area contributed by atoms with Crippen molar-refractivity contribution >= 4 is 29.3 Å². The lowest BCUT2D eigenvalue weighted by atomic mass is 10.2. The van der Waals surface area contributed by atoms with Crippen molar-refractivity contribution in [1.82, 2.24) is 0 Å². The van der Waals surface area contributed by atoms with Gasteiger partial charge in [0.1, 0.15) is 0 Å². The second-order valence-electron chi connectivity index (χ2n) is 4.81. The van der Waals surface area contributed by atoms with Crippen LogP contribution in [0.5, 0.6) is 0 Å². The molecule has 0 aliphatic carbocycles. The Morgan fingerprint density at radius 2 is 1.52 bits per heavy atom. The number of nitrogens with zero attached hydrogens (tertiary/aromatic N) is 1. The highest BCUT2D eigenvalue weighted by atomic mass is 16.2. The van der Waals surface area contributed by atoms with Crippen molar-refractivity contribution in [2.24, 2.45) is 0 Å². The molecule has 5 nitrogen and oxygen atoms in total. The van der Waals surface area contributed by atoms with E-state index in [0.29, 0.717) is 16.9 Å². The van der Waals surface area contributed by atoms with Crippen LogP contribution < -0.4 is 10.6 Å². The van der Waals surface area contributed by atoms with E-state index >= 15 is 0 Å². The topological polar surface area (TPSA) is 82.0 Å². The number of benzene rings is 2. The van der Waals surface area contributed by atoms with Crippen molar-refractivity contribution in [2.45, 2.75) is 6.92 Å². The Balaban J connectivity index is 1.94. The van der Waals surface area contributed by atoms with Gasteiger partial charge in [0.05, 0.1) is 11.6 Å². The lowest BCUT2D eigenvalue weighted by Gasteiger charge is -2.03. The average molecular weight is 305 g/mol. The Hall–Kier alpha value is -3.39. The van der Waals surface area contributed by atoms with Crippen LogP contribution in [0.4, 0.5) is 11.4 Å². The fourth-order valence-corrected chi connectivity index (χ4v) is 1.86. The van der Waals surface area contributed by atoms with Crippen LogP contribution in [-0.4, -0.2) is 11.8 Å². The van der Waals surface area contributed by atoms with Gasteiger partial charge >= 0.3 is 0 Å². The summed E-state index contributed by atoms with van der Waals surface area (Å²) >= 11 is 0. The third-order valence-corrected chi connectivity index (χ3v) is 2.94. The molecule has 0 spiro atoms. The summed E-state index contributed by atoms with van der Waals surface area (Å²) in [6, 6.07) is 15.8. The van der Waals surface area contributed by atoms with Gasteiger partial charge in [0.15, 0.2) is 0 Å². The predicted molar refractivity (Wildman–Crippen MR) is 89.6 cm³/mol. The third-order valence-electron chi connectivity index (χ3n) is 2.94. The van der Waals surface area contributed by atoms with E-state index in [2.05, 4.69) is 10.6 Å². The number of hydrogen-bond acceptors (Lipinski definition) is 3. The molecule has 0 aromatic heterocycles. The van der Waals surface area contributed by atoms with Gasteiger partial charge in [0.2, 0.25) is 11.8 Å². The van der Waals surface area contributed by atoms with Gasteiger partial charge < -0.3 is 10.6 Å².